The second-order valence-electron chi connectivity index (χ2n) is 5.98. The SMILES string of the molecule is Cc1occc1-c1nnc(S[C@@H](C)C(=O)N[C@@](C)(C#N)C(C)C)o1. The summed E-state index contributed by atoms with van der Waals surface area (Å²) in [5.74, 6) is 0.767. The van der Waals surface area contributed by atoms with Crippen molar-refractivity contribution in [3.05, 3.63) is 18.1 Å². The van der Waals surface area contributed by atoms with E-state index in [4.69, 9.17) is 8.83 Å². The van der Waals surface area contributed by atoms with E-state index in [1.54, 1.807) is 33.1 Å². The van der Waals surface area contributed by atoms with Gasteiger partial charge in [-0.1, -0.05) is 25.6 Å². The number of aryl methyl sites for hydroxylation is 1. The van der Waals surface area contributed by atoms with Crippen LogP contribution in [0.1, 0.15) is 33.5 Å². The van der Waals surface area contributed by atoms with Crippen molar-refractivity contribution in [1.29, 1.82) is 5.26 Å². The van der Waals surface area contributed by atoms with Gasteiger partial charge in [-0.15, -0.1) is 10.2 Å². The largest absolute Gasteiger partial charge is 0.469 e. The first-order chi connectivity index (χ1) is 11.3. The maximum atomic E-state index is 12.3. The number of thioether (sulfide) groups is 1. The number of nitrogens with zero attached hydrogens (tertiary/aromatic N) is 3. The quantitative estimate of drug-likeness (QED) is 0.799. The molecule has 0 aliphatic rings. The molecule has 2 atom stereocenters. The molecule has 2 aromatic heterocycles. The first-order valence-corrected chi connectivity index (χ1v) is 8.42. The van der Waals surface area contributed by atoms with E-state index >= 15 is 0 Å². The van der Waals surface area contributed by atoms with Crippen molar-refractivity contribution in [3.8, 4) is 17.5 Å². The van der Waals surface area contributed by atoms with Gasteiger partial charge in [0.25, 0.3) is 11.1 Å². The van der Waals surface area contributed by atoms with Crippen LogP contribution in [0.4, 0.5) is 0 Å². The Balaban J connectivity index is 2.04. The first kappa shape index (κ1) is 18.1. The summed E-state index contributed by atoms with van der Waals surface area (Å²) in [5.41, 5.74) is -0.192. The summed E-state index contributed by atoms with van der Waals surface area (Å²) in [5, 5.41) is 19.8. The molecule has 0 spiro atoms. The van der Waals surface area contributed by atoms with Crippen LogP contribution in [0, 0.1) is 24.2 Å². The van der Waals surface area contributed by atoms with Gasteiger partial charge in [-0.3, -0.25) is 4.79 Å². The van der Waals surface area contributed by atoms with Gasteiger partial charge in [-0.25, -0.2) is 0 Å². The van der Waals surface area contributed by atoms with Gasteiger partial charge < -0.3 is 14.2 Å². The third-order valence-corrected chi connectivity index (χ3v) is 4.85. The van der Waals surface area contributed by atoms with E-state index in [9.17, 15) is 10.1 Å². The number of rotatable bonds is 6. The lowest BCUT2D eigenvalue weighted by molar-refractivity contribution is -0.121. The molecule has 24 heavy (non-hydrogen) atoms. The molecule has 128 valence electrons. The van der Waals surface area contributed by atoms with E-state index in [2.05, 4.69) is 21.6 Å². The third kappa shape index (κ3) is 3.79. The molecule has 0 saturated carbocycles. The Labute approximate surface area is 144 Å². The first-order valence-electron chi connectivity index (χ1n) is 7.54. The van der Waals surface area contributed by atoms with Crippen LogP contribution in [0.2, 0.25) is 0 Å². The van der Waals surface area contributed by atoms with E-state index < -0.39 is 10.8 Å². The molecule has 1 amide bonds. The minimum atomic E-state index is -0.917. The van der Waals surface area contributed by atoms with Gasteiger partial charge in [-0.2, -0.15) is 5.26 Å². The number of amides is 1. The molecular weight excluding hydrogens is 328 g/mol. The van der Waals surface area contributed by atoms with Gasteiger partial charge in [0.05, 0.1) is 23.1 Å². The Morgan fingerprint density at radius 3 is 2.67 bits per heavy atom. The van der Waals surface area contributed by atoms with Crippen molar-refractivity contribution in [3.63, 3.8) is 0 Å². The molecule has 0 bridgehead atoms. The maximum absolute atomic E-state index is 12.3. The van der Waals surface area contributed by atoms with Crippen molar-refractivity contribution in [2.24, 2.45) is 5.92 Å². The lowest BCUT2D eigenvalue weighted by Crippen LogP contribution is -2.51. The van der Waals surface area contributed by atoms with E-state index in [0.29, 0.717) is 11.7 Å². The summed E-state index contributed by atoms with van der Waals surface area (Å²) in [6.07, 6.45) is 1.55. The van der Waals surface area contributed by atoms with Crippen molar-refractivity contribution in [2.75, 3.05) is 0 Å². The lowest BCUT2D eigenvalue weighted by atomic mass is 9.90. The van der Waals surface area contributed by atoms with E-state index in [1.807, 2.05) is 13.8 Å². The summed E-state index contributed by atoms with van der Waals surface area (Å²) in [6.45, 7) is 9.01. The molecule has 0 radical (unpaired) electrons. The Hall–Kier alpha value is -2.27. The number of furan rings is 1. The predicted molar refractivity (Wildman–Crippen MR) is 89.1 cm³/mol. The minimum absolute atomic E-state index is 0.0114. The molecule has 0 unspecified atom stereocenters. The average molecular weight is 348 g/mol. The molecule has 7 nitrogen and oxygen atoms in total. The Bertz CT molecular complexity index is 761. The average Bonchev–Trinajstić information content (AvgIpc) is 3.15. The molecule has 0 fully saturated rings. The molecular formula is C16H20N4O3S. The van der Waals surface area contributed by atoms with E-state index in [0.717, 1.165) is 17.3 Å². The Kier molecular flexibility index (Phi) is 5.34. The number of carbonyl (C=O) groups excluding carboxylic acids is 1. The summed E-state index contributed by atoms with van der Waals surface area (Å²) >= 11 is 1.15. The Morgan fingerprint density at radius 1 is 1.42 bits per heavy atom. The van der Waals surface area contributed by atoms with Gasteiger partial charge in [-0.05, 0) is 32.8 Å². The highest BCUT2D eigenvalue weighted by atomic mass is 32.2. The highest BCUT2D eigenvalue weighted by Gasteiger charge is 2.32. The zero-order valence-corrected chi connectivity index (χ0v) is 15.1. The van der Waals surface area contributed by atoms with Gasteiger partial charge in [0.1, 0.15) is 11.3 Å². The highest BCUT2D eigenvalue weighted by molar-refractivity contribution is 8.00. The highest BCUT2D eigenvalue weighted by Crippen LogP contribution is 2.28. The number of hydrogen-bond acceptors (Lipinski definition) is 7. The number of carbonyl (C=O) groups is 1. The van der Waals surface area contributed by atoms with Gasteiger partial charge in [0.2, 0.25) is 5.91 Å². The predicted octanol–water partition coefficient (Wildman–Crippen LogP) is 3.17. The van der Waals surface area contributed by atoms with Crippen LogP contribution >= 0.6 is 11.8 Å². The molecule has 0 aliphatic carbocycles. The fourth-order valence-electron chi connectivity index (χ4n) is 1.84. The normalized spacial score (nSPS) is 14.9. The monoisotopic (exact) mass is 348 g/mol. The van der Waals surface area contributed by atoms with Gasteiger partial charge in [0, 0.05) is 0 Å². The standard InChI is InChI=1S/C16H20N4O3S/c1-9(2)16(5,8-17)18-13(21)11(4)24-15-20-19-14(23-15)12-6-7-22-10(12)3/h6-7,9,11H,1-5H3,(H,18,21)/t11-,16-/m0/s1. The molecule has 2 aromatic rings. The van der Waals surface area contributed by atoms with Crippen LogP contribution in [0.25, 0.3) is 11.5 Å². The number of nitriles is 1. The van der Waals surface area contributed by atoms with E-state index in [1.165, 1.54) is 0 Å². The molecule has 1 N–H and O–H groups in total. The summed E-state index contributed by atoms with van der Waals surface area (Å²) in [4.78, 5) is 12.3. The summed E-state index contributed by atoms with van der Waals surface area (Å²) in [7, 11) is 0. The topological polar surface area (TPSA) is 105 Å². The third-order valence-electron chi connectivity index (χ3n) is 3.91. The van der Waals surface area contributed by atoms with Crippen molar-refractivity contribution in [1.82, 2.24) is 15.5 Å². The smallest absolute Gasteiger partial charge is 0.277 e. The maximum Gasteiger partial charge on any atom is 0.277 e. The minimum Gasteiger partial charge on any atom is -0.469 e. The summed E-state index contributed by atoms with van der Waals surface area (Å²) < 4.78 is 10.8. The van der Waals surface area contributed by atoms with Crippen LogP contribution in [0.15, 0.2) is 26.4 Å². The second kappa shape index (κ2) is 7.09. The molecule has 2 rings (SSSR count). The number of hydrogen-bond donors (Lipinski definition) is 1. The Morgan fingerprint density at radius 2 is 2.12 bits per heavy atom. The number of aromatic nitrogens is 2. The lowest BCUT2D eigenvalue weighted by Gasteiger charge is -2.28. The van der Waals surface area contributed by atoms with Crippen LogP contribution < -0.4 is 5.32 Å². The second-order valence-corrected chi connectivity index (χ2v) is 7.27. The molecule has 2 heterocycles. The molecule has 0 aliphatic heterocycles. The van der Waals surface area contributed by atoms with Crippen molar-refractivity contribution < 1.29 is 13.6 Å². The van der Waals surface area contributed by atoms with Crippen LogP contribution in [0.5, 0.6) is 0 Å². The molecule has 0 saturated heterocycles. The van der Waals surface area contributed by atoms with Crippen LogP contribution in [0.3, 0.4) is 0 Å². The molecule has 8 heteroatoms. The molecule has 0 aromatic carbocycles. The fourth-order valence-corrected chi connectivity index (χ4v) is 2.52. The van der Waals surface area contributed by atoms with Crippen LogP contribution in [-0.4, -0.2) is 26.9 Å². The number of nitrogens with one attached hydrogen (secondary N) is 1. The summed E-state index contributed by atoms with van der Waals surface area (Å²) in [6, 6.07) is 3.90. The van der Waals surface area contributed by atoms with Gasteiger partial charge in [0.15, 0.2) is 0 Å². The van der Waals surface area contributed by atoms with Gasteiger partial charge >= 0.3 is 0 Å². The van der Waals surface area contributed by atoms with Crippen molar-refractivity contribution in [2.45, 2.75) is 50.6 Å². The zero-order chi connectivity index (χ0) is 17.9. The fraction of sp³-hybridized carbons (Fsp3) is 0.500. The van der Waals surface area contributed by atoms with E-state index in [-0.39, 0.29) is 17.0 Å². The zero-order valence-electron chi connectivity index (χ0n) is 14.3. The van der Waals surface area contributed by atoms with Crippen LogP contribution in [-0.2, 0) is 4.79 Å². The van der Waals surface area contributed by atoms with Crippen molar-refractivity contribution >= 4 is 17.7 Å².